The fraction of sp³-hybridized carbons (Fsp3) is 0. The maximum absolute atomic E-state index is 12.8. The standard InChI is InChI=1S/C16H14N8O4S2/c17-9-11(16-20-23-24-21-16)10-19-14-3-1-2-4-15(14)30(27,28)22-12-5-7-13(8-6-12)29(18,25)26/h1-8,10,19,22H,(H2,18,25,26)(H,20,21,23,24). The van der Waals surface area contributed by atoms with E-state index in [0.717, 1.165) is 0 Å². The molecule has 154 valence electrons. The van der Waals surface area contributed by atoms with Gasteiger partial charge in [-0.15, -0.1) is 10.2 Å². The molecular formula is C16H14N8O4S2. The van der Waals surface area contributed by atoms with Gasteiger partial charge in [-0.2, -0.15) is 10.5 Å². The summed E-state index contributed by atoms with van der Waals surface area (Å²) in [5, 5.41) is 30.0. The van der Waals surface area contributed by atoms with E-state index in [1.807, 2.05) is 6.07 Å². The zero-order chi connectivity index (χ0) is 21.8. The molecule has 1 aromatic heterocycles. The van der Waals surface area contributed by atoms with Crippen LogP contribution in [0.25, 0.3) is 5.57 Å². The number of aromatic nitrogens is 4. The van der Waals surface area contributed by atoms with Gasteiger partial charge in [0.15, 0.2) is 0 Å². The lowest BCUT2D eigenvalue weighted by Crippen LogP contribution is -2.15. The zero-order valence-electron chi connectivity index (χ0n) is 15.0. The number of H-pyrrole nitrogens is 1. The van der Waals surface area contributed by atoms with Crippen LogP contribution in [0.1, 0.15) is 5.82 Å². The first kappa shape index (κ1) is 20.9. The highest BCUT2D eigenvalue weighted by molar-refractivity contribution is 7.93. The highest BCUT2D eigenvalue weighted by Crippen LogP contribution is 2.25. The Kier molecular flexibility index (Phi) is 5.78. The third-order valence-electron chi connectivity index (χ3n) is 3.69. The Bertz CT molecular complexity index is 1330. The Morgan fingerprint density at radius 1 is 1.10 bits per heavy atom. The molecule has 1 heterocycles. The van der Waals surface area contributed by atoms with Crippen molar-refractivity contribution in [1.82, 2.24) is 20.6 Å². The van der Waals surface area contributed by atoms with Crippen molar-refractivity contribution in [3.63, 3.8) is 0 Å². The van der Waals surface area contributed by atoms with Gasteiger partial charge >= 0.3 is 0 Å². The molecule has 0 saturated heterocycles. The monoisotopic (exact) mass is 446 g/mol. The molecule has 0 amide bonds. The SMILES string of the molecule is N#CC(=CNc1ccccc1S(=O)(=O)Nc1ccc(S(N)(=O)=O)cc1)c1nn[nH]n1. The number of rotatable bonds is 7. The predicted octanol–water partition coefficient (Wildman–Crippen LogP) is 0.624. The summed E-state index contributed by atoms with van der Waals surface area (Å²) in [4.78, 5) is -0.259. The van der Waals surface area contributed by atoms with Gasteiger partial charge in [0.25, 0.3) is 10.0 Å². The van der Waals surface area contributed by atoms with Crippen LogP contribution in [-0.4, -0.2) is 37.5 Å². The van der Waals surface area contributed by atoms with Crippen molar-refractivity contribution in [3.8, 4) is 6.07 Å². The maximum Gasteiger partial charge on any atom is 0.263 e. The number of sulfonamides is 2. The van der Waals surface area contributed by atoms with E-state index in [9.17, 15) is 22.1 Å². The smallest absolute Gasteiger partial charge is 0.263 e. The molecule has 0 unspecified atom stereocenters. The number of hydrogen-bond acceptors (Lipinski definition) is 9. The van der Waals surface area contributed by atoms with Gasteiger partial charge in [-0.25, -0.2) is 22.0 Å². The van der Waals surface area contributed by atoms with E-state index >= 15 is 0 Å². The van der Waals surface area contributed by atoms with Gasteiger partial charge in [0.2, 0.25) is 15.8 Å². The third kappa shape index (κ3) is 4.78. The summed E-state index contributed by atoms with van der Waals surface area (Å²) in [6, 6.07) is 12.8. The second kappa shape index (κ2) is 8.29. The Morgan fingerprint density at radius 2 is 1.80 bits per heavy atom. The summed E-state index contributed by atoms with van der Waals surface area (Å²) in [6.45, 7) is 0. The second-order valence-corrected chi connectivity index (χ2v) is 8.93. The Labute approximate surface area is 171 Å². The van der Waals surface area contributed by atoms with Crippen molar-refractivity contribution in [1.29, 1.82) is 5.26 Å². The molecule has 0 fully saturated rings. The number of anilines is 2. The molecule has 14 heteroatoms. The number of primary sulfonamides is 1. The molecule has 0 spiro atoms. The van der Waals surface area contributed by atoms with Crippen molar-refractivity contribution in [2.45, 2.75) is 9.79 Å². The van der Waals surface area contributed by atoms with Gasteiger partial charge < -0.3 is 5.32 Å². The number of nitriles is 1. The number of tetrazole rings is 1. The predicted molar refractivity (Wildman–Crippen MR) is 106 cm³/mol. The van der Waals surface area contributed by atoms with Crippen molar-refractivity contribution in [3.05, 3.63) is 60.6 Å². The summed E-state index contributed by atoms with van der Waals surface area (Å²) < 4.78 is 50.6. The van der Waals surface area contributed by atoms with Crippen LogP contribution in [0.15, 0.2) is 64.5 Å². The minimum Gasteiger partial charge on any atom is -0.359 e. The Balaban J connectivity index is 1.88. The van der Waals surface area contributed by atoms with E-state index < -0.39 is 20.0 Å². The van der Waals surface area contributed by atoms with Gasteiger partial charge in [-0.05, 0) is 41.6 Å². The number of nitrogens with zero attached hydrogens (tertiary/aromatic N) is 4. The van der Waals surface area contributed by atoms with Crippen molar-refractivity contribution < 1.29 is 16.8 Å². The number of nitrogens with two attached hydrogens (primary N) is 1. The quantitative estimate of drug-likeness (QED) is 0.376. The number of allylic oxidation sites excluding steroid dienone is 1. The minimum atomic E-state index is -4.06. The van der Waals surface area contributed by atoms with Crippen LogP contribution in [0.5, 0.6) is 0 Å². The van der Waals surface area contributed by atoms with Crippen LogP contribution in [0.2, 0.25) is 0 Å². The molecular weight excluding hydrogens is 432 g/mol. The average molecular weight is 446 g/mol. The highest BCUT2D eigenvalue weighted by atomic mass is 32.2. The molecule has 0 aliphatic carbocycles. The second-order valence-electron chi connectivity index (χ2n) is 5.72. The molecule has 30 heavy (non-hydrogen) atoms. The van der Waals surface area contributed by atoms with Gasteiger partial charge in [0.05, 0.1) is 10.6 Å². The summed E-state index contributed by atoms with van der Waals surface area (Å²) >= 11 is 0. The zero-order valence-corrected chi connectivity index (χ0v) is 16.6. The van der Waals surface area contributed by atoms with Crippen molar-refractivity contribution >= 4 is 37.0 Å². The first-order valence-electron chi connectivity index (χ1n) is 8.06. The normalized spacial score (nSPS) is 12.2. The molecule has 0 atom stereocenters. The van der Waals surface area contributed by atoms with Crippen LogP contribution < -0.4 is 15.2 Å². The number of benzene rings is 2. The van der Waals surface area contributed by atoms with E-state index in [2.05, 4.69) is 30.7 Å². The first-order valence-corrected chi connectivity index (χ1v) is 11.1. The molecule has 12 nitrogen and oxygen atoms in total. The summed E-state index contributed by atoms with van der Waals surface area (Å²) in [6.07, 6.45) is 1.25. The molecule has 0 aliphatic heterocycles. The lowest BCUT2D eigenvalue weighted by Gasteiger charge is -2.12. The Hall–Kier alpha value is -3.80. The van der Waals surface area contributed by atoms with Crippen LogP contribution in [0.4, 0.5) is 11.4 Å². The van der Waals surface area contributed by atoms with E-state index in [-0.39, 0.29) is 32.6 Å². The van der Waals surface area contributed by atoms with Gasteiger partial charge in [0, 0.05) is 11.9 Å². The average Bonchev–Trinajstić information content (AvgIpc) is 3.23. The summed E-state index contributed by atoms with van der Waals surface area (Å²) in [5.41, 5.74) is 0.349. The first-order chi connectivity index (χ1) is 14.2. The van der Waals surface area contributed by atoms with E-state index in [1.165, 1.54) is 48.7 Å². The third-order valence-corrected chi connectivity index (χ3v) is 6.06. The molecule has 3 rings (SSSR count). The van der Waals surface area contributed by atoms with Gasteiger partial charge in [-0.3, -0.25) is 4.72 Å². The highest BCUT2D eigenvalue weighted by Gasteiger charge is 2.19. The molecule has 0 saturated carbocycles. The lowest BCUT2D eigenvalue weighted by atomic mass is 10.3. The number of aromatic amines is 1. The number of para-hydroxylation sites is 1. The largest absolute Gasteiger partial charge is 0.359 e. The molecule has 0 bridgehead atoms. The summed E-state index contributed by atoms with van der Waals surface area (Å²) in [5.74, 6) is 0.0402. The summed E-state index contributed by atoms with van der Waals surface area (Å²) in [7, 11) is -7.95. The minimum absolute atomic E-state index is 0.0301. The maximum atomic E-state index is 12.8. The van der Waals surface area contributed by atoms with Crippen LogP contribution in [-0.2, 0) is 20.0 Å². The Morgan fingerprint density at radius 3 is 2.40 bits per heavy atom. The topological polar surface area (TPSA) is 197 Å². The van der Waals surface area contributed by atoms with E-state index in [4.69, 9.17) is 5.14 Å². The van der Waals surface area contributed by atoms with Gasteiger partial charge in [-0.1, -0.05) is 12.1 Å². The fourth-order valence-electron chi connectivity index (χ4n) is 2.32. The lowest BCUT2D eigenvalue weighted by molar-refractivity contribution is 0.597. The molecule has 3 aromatic rings. The molecule has 0 radical (unpaired) electrons. The van der Waals surface area contributed by atoms with Crippen molar-refractivity contribution in [2.75, 3.05) is 10.0 Å². The van der Waals surface area contributed by atoms with E-state index in [1.54, 1.807) is 6.07 Å². The number of hydrogen-bond donors (Lipinski definition) is 4. The molecule has 5 N–H and O–H groups in total. The van der Waals surface area contributed by atoms with Crippen LogP contribution in [0.3, 0.4) is 0 Å². The fourth-order valence-corrected chi connectivity index (χ4v) is 4.06. The van der Waals surface area contributed by atoms with Gasteiger partial charge in [0.1, 0.15) is 16.5 Å². The van der Waals surface area contributed by atoms with Crippen LogP contribution in [0, 0.1) is 11.3 Å². The van der Waals surface area contributed by atoms with Crippen molar-refractivity contribution in [2.24, 2.45) is 5.14 Å². The molecule has 0 aliphatic rings. The van der Waals surface area contributed by atoms with Crippen LogP contribution >= 0.6 is 0 Å². The number of nitrogens with one attached hydrogen (secondary N) is 3. The molecule has 2 aromatic carbocycles. The van der Waals surface area contributed by atoms with E-state index in [0.29, 0.717) is 0 Å².